The van der Waals surface area contributed by atoms with Crippen molar-refractivity contribution in [3.63, 3.8) is 0 Å². The molecule has 5 nitrogen and oxygen atoms in total. The van der Waals surface area contributed by atoms with Crippen molar-refractivity contribution in [1.82, 2.24) is 5.32 Å². The fraction of sp³-hybridized carbons (Fsp3) is 0.200. The van der Waals surface area contributed by atoms with Gasteiger partial charge in [-0.1, -0.05) is 12.1 Å². The average Bonchev–Trinajstić information content (AvgIpc) is 2.49. The second kappa shape index (κ2) is 3.61. The molecule has 2 N–H and O–H groups in total. The van der Waals surface area contributed by atoms with Gasteiger partial charge in [0.05, 0.1) is 0 Å². The third-order valence-corrected chi connectivity index (χ3v) is 2.15. The zero-order valence-electron chi connectivity index (χ0n) is 7.77. The summed E-state index contributed by atoms with van der Waals surface area (Å²) in [5, 5.41) is 11.4. The number of alkyl carbamates (subject to hydrolysis) is 1. The number of nitrogens with one attached hydrogen (secondary N) is 1. The lowest BCUT2D eigenvalue weighted by molar-refractivity contribution is -0.135. The molecule has 0 bridgehead atoms. The van der Waals surface area contributed by atoms with Crippen LogP contribution in [0.4, 0.5) is 4.79 Å². The maximum atomic E-state index is 11.1. The van der Waals surface area contributed by atoms with Crippen LogP contribution in [0, 0.1) is 0 Å². The van der Waals surface area contributed by atoms with Gasteiger partial charge in [-0.3, -0.25) is 0 Å². The minimum Gasteiger partial charge on any atom is -0.508 e. The molecule has 0 aromatic heterocycles. The molecular weight excluding hydrogens is 198 g/mol. The SMILES string of the molecule is O=C1NC(Cc2ccc(O)cc2)C(=O)O1. The van der Waals surface area contributed by atoms with Gasteiger partial charge in [-0.25, -0.2) is 9.59 Å². The molecule has 78 valence electrons. The number of ether oxygens (including phenoxy) is 1. The largest absolute Gasteiger partial charge is 0.508 e. The van der Waals surface area contributed by atoms with Crippen LogP contribution >= 0.6 is 0 Å². The van der Waals surface area contributed by atoms with E-state index in [1.54, 1.807) is 12.1 Å². The zero-order chi connectivity index (χ0) is 10.8. The molecule has 1 saturated heterocycles. The topological polar surface area (TPSA) is 75.6 Å². The van der Waals surface area contributed by atoms with Gasteiger partial charge in [0.1, 0.15) is 11.8 Å². The third-order valence-electron chi connectivity index (χ3n) is 2.15. The Balaban J connectivity index is 2.06. The highest BCUT2D eigenvalue weighted by atomic mass is 16.6. The second-order valence-electron chi connectivity index (χ2n) is 3.28. The standard InChI is InChI=1S/C10H9NO4/c12-7-3-1-6(2-4-7)5-8-9(13)15-10(14)11-8/h1-4,8,12H,5H2,(H,11,14). The summed E-state index contributed by atoms with van der Waals surface area (Å²) in [6.45, 7) is 0. The van der Waals surface area contributed by atoms with E-state index in [1.807, 2.05) is 0 Å². The van der Waals surface area contributed by atoms with Crippen LogP contribution in [-0.2, 0) is 16.0 Å². The highest BCUT2D eigenvalue weighted by Gasteiger charge is 2.32. The first-order valence-electron chi connectivity index (χ1n) is 4.45. The van der Waals surface area contributed by atoms with E-state index in [-0.39, 0.29) is 5.75 Å². The summed E-state index contributed by atoms with van der Waals surface area (Å²) in [6, 6.07) is 5.80. The molecule has 0 radical (unpaired) electrons. The average molecular weight is 207 g/mol. The number of carbonyl (C=O) groups is 2. The van der Waals surface area contributed by atoms with Gasteiger partial charge in [0.15, 0.2) is 0 Å². The minimum absolute atomic E-state index is 0.164. The lowest BCUT2D eigenvalue weighted by Gasteiger charge is -2.05. The number of carbonyl (C=O) groups excluding carboxylic acids is 2. The highest BCUT2D eigenvalue weighted by Crippen LogP contribution is 2.13. The molecule has 1 amide bonds. The third kappa shape index (κ3) is 2.07. The first kappa shape index (κ1) is 9.51. The van der Waals surface area contributed by atoms with Gasteiger partial charge in [-0.05, 0) is 17.7 Å². The lowest BCUT2D eigenvalue weighted by atomic mass is 10.1. The van der Waals surface area contributed by atoms with Gasteiger partial charge in [0, 0.05) is 6.42 Å². The Bertz CT molecular complexity index is 398. The molecule has 1 aliphatic rings. The molecule has 1 aliphatic heterocycles. The molecule has 2 rings (SSSR count). The Hall–Kier alpha value is -2.04. The summed E-state index contributed by atoms with van der Waals surface area (Å²) in [7, 11) is 0. The number of rotatable bonds is 2. The van der Waals surface area contributed by atoms with Crippen LogP contribution in [0.5, 0.6) is 5.75 Å². The van der Waals surface area contributed by atoms with Crippen molar-refractivity contribution in [2.75, 3.05) is 0 Å². The van der Waals surface area contributed by atoms with Crippen LogP contribution in [0.1, 0.15) is 5.56 Å². The summed E-state index contributed by atoms with van der Waals surface area (Å²) in [5.41, 5.74) is 0.844. The number of hydrogen-bond donors (Lipinski definition) is 2. The van der Waals surface area contributed by atoms with E-state index < -0.39 is 18.1 Å². The number of cyclic esters (lactones) is 2. The molecule has 1 unspecified atom stereocenters. The van der Waals surface area contributed by atoms with E-state index >= 15 is 0 Å². The predicted octanol–water partition coefficient (Wildman–Crippen LogP) is 0.570. The number of phenolic OH excluding ortho intramolecular Hbond substituents is 1. The minimum atomic E-state index is -0.705. The van der Waals surface area contributed by atoms with Crippen molar-refractivity contribution in [2.24, 2.45) is 0 Å². The van der Waals surface area contributed by atoms with Crippen molar-refractivity contribution in [3.8, 4) is 5.75 Å². The van der Waals surface area contributed by atoms with Gasteiger partial charge in [0.2, 0.25) is 0 Å². The first-order chi connectivity index (χ1) is 7.15. The van der Waals surface area contributed by atoms with Crippen molar-refractivity contribution in [2.45, 2.75) is 12.5 Å². The maximum absolute atomic E-state index is 11.1. The molecule has 1 fully saturated rings. The Labute approximate surface area is 85.7 Å². The van der Waals surface area contributed by atoms with E-state index in [1.165, 1.54) is 12.1 Å². The second-order valence-corrected chi connectivity index (χ2v) is 3.28. The molecule has 0 spiro atoms. The molecule has 15 heavy (non-hydrogen) atoms. The van der Waals surface area contributed by atoms with Crippen molar-refractivity contribution >= 4 is 12.1 Å². The van der Waals surface area contributed by atoms with Gasteiger partial charge in [0.25, 0.3) is 0 Å². The summed E-state index contributed by atoms with van der Waals surface area (Å²) in [6.07, 6.45) is -0.339. The van der Waals surface area contributed by atoms with E-state index in [4.69, 9.17) is 5.11 Å². The fourth-order valence-corrected chi connectivity index (χ4v) is 1.40. The van der Waals surface area contributed by atoms with Crippen LogP contribution in [-0.4, -0.2) is 23.2 Å². The van der Waals surface area contributed by atoms with Gasteiger partial charge < -0.3 is 15.2 Å². The van der Waals surface area contributed by atoms with E-state index in [2.05, 4.69) is 10.1 Å². The highest BCUT2D eigenvalue weighted by molar-refractivity contribution is 5.95. The molecule has 0 aliphatic carbocycles. The molecule has 0 saturated carbocycles. The van der Waals surface area contributed by atoms with Crippen LogP contribution in [0.2, 0.25) is 0 Å². The van der Waals surface area contributed by atoms with Crippen LogP contribution in [0.25, 0.3) is 0 Å². The molecule has 1 aromatic rings. The summed E-state index contributed by atoms with van der Waals surface area (Å²) >= 11 is 0. The molecule has 1 heterocycles. The van der Waals surface area contributed by atoms with Crippen LogP contribution in [0.15, 0.2) is 24.3 Å². The van der Waals surface area contributed by atoms with Gasteiger partial charge in [-0.2, -0.15) is 0 Å². The molecule has 1 atom stereocenters. The number of phenols is 1. The Morgan fingerprint density at radius 2 is 1.93 bits per heavy atom. The Morgan fingerprint density at radius 1 is 1.27 bits per heavy atom. The number of amides is 1. The summed E-state index contributed by atoms with van der Waals surface area (Å²) in [4.78, 5) is 21.8. The Kier molecular flexibility index (Phi) is 2.29. The monoisotopic (exact) mass is 207 g/mol. The van der Waals surface area contributed by atoms with Crippen LogP contribution in [0.3, 0.4) is 0 Å². The number of hydrogen-bond acceptors (Lipinski definition) is 4. The van der Waals surface area contributed by atoms with E-state index in [9.17, 15) is 9.59 Å². The molecular formula is C10H9NO4. The predicted molar refractivity (Wildman–Crippen MR) is 50.2 cm³/mol. The fourth-order valence-electron chi connectivity index (χ4n) is 1.40. The quantitative estimate of drug-likeness (QED) is 0.549. The summed E-state index contributed by atoms with van der Waals surface area (Å²) < 4.78 is 4.33. The Morgan fingerprint density at radius 3 is 2.47 bits per heavy atom. The van der Waals surface area contributed by atoms with E-state index in [0.29, 0.717) is 6.42 Å². The number of benzene rings is 1. The molecule has 5 heteroatoms. The maximum Gasteiger partial charge on any atom is 0.415 e. The lowest BCUT2D eigenvalue weighted by Crippen LogP contribution is -2.30. The molecule has 1 aromatic carbocycles. The number of esters is 1. The normalized spacial score (nSPS) is 19.9. The van der Waals surface area contributed by atoms with E-state index in [0.717, 1.165) is 5.56 Å². The zero-order valence-corrected chi connectivity index (χ0v) is 7.77. The van der Waals surface area contributed by atoms with Crippen LogP contribution < -0.4 is 5.32 Å². The first-order valence-corrected chi connectivity index (χ1v) is 4.45. The van der Waals surface area contributed by atoms with Gasteiger partial charge in [-0.15, -0.1) is 0 Å². The van der Waals surface area contributed by atoms with Crippen molar-refractivity contribution in [1.29, 1.82) is 0 Å². The van der Waals surface area contributed by atoms with Crippen molar-refractivity contribution < 1.29 is 19.4 Å². The number of aromatic hydroxyl groups is 1. The van der Waals surface area contributed by atoms with Gasteiger partial charge >= 0.3 is 12.1 Å². The van der Waals surface area contributed by atoms with Crippen molar-refractivity contribution in [3.05, 3.63) is 29.8 Å². The summed E-state index contributed by atoms with van der Waals surface area (Å²) in [5.74, 6) is -0.398. The smallest absolute Gasteiger partial charge is 0.415 e.